The van der Waals surface area contributed by atoms with Crippen molar-refractivity contribution in [1.29, 1.82) is 0 Å². The number of benzene rings is 5. The molecule has 1 aliphatic heterocycles. The van der Waals surface area contributed by atoms with Gasteiger partial charge < -0.3 is 10.4 Å². The summed E-state index contributed by atoms with van der Waals surface area (Å²) in [7, 11) is 0. The molecule has 0 saturated carbocycles. The molecule has 5 aromatic rings. The van der Waals surface area contributed by atoms with Gasteiger partial charge in [0.1, 0.15) is 0 Å². The molecule has 0 radical (unpaired) electrons. The smallest absolute Gasteiger partial charge is 0.335 e. The Kier molecular flexibility index (Phi) is 4.10. The van der Waals surface area contributed by atoms with Crippen molar-refractivity contribution in [1.82, 2.24) is 0 Å². The van der Waals surface area contributed by atoms with Crippen molar-refractivity contribution in [3.8, 4) is 0 Å². The molecule has 0 aromatic heterocycles. The summed E-state index contributed by atoms with van der Waals surface area (Å²) in [5, 5.41) is 18.6. The van der Waals surface area contributed by atoms with Crippen LogP contribution in [0.5, 0.6) is 0 Å². The summed E-state index contributed by atoms with van der Waals surface area (Å²) in [5.74, 6) is -0.426. The Balaban J connectivity index is 1.52. The molecule has 0 bridgehead atoms. The maximum atomic E-state index is 11.8. The number of nitrogens with one attached hydrogen (secondary N) is 1. The second-order valence-electron chi connectivity index (χ2n) is 9.51. The van der Waals surface area contributed by atoms with Crippen LogP contribution in [0.2, 0.25) is 0 Å². The lowest BCUT2D eigenvalue weighted by atomic mass is 9.73. The quantitative estimate of drug-likeness (QED) is 0.286. The van der Waals surface area contributed by atoms with E-state index in [1.165, 1.54) is 38.2 Å². The first-order valence-corrected chi connectivity index (χ1v) is 11.8. The highest BCUT2D eigenvalue weighted by molar-refractivity contribution is 6.03. The van der Waals surface area contributed by atoms with E-state index in [0.717, 1.165) is 17.7 Å². The van der Waals surface area contributed by atoms with E-state index in [0.29, 0.717) is 11.5 Å². The van der Waals surface area contributed by atoms with Crippen LogP contribution in [0.1, 0.15) is 44.6 Å². The van der Waals surface area contributed by atoms with Crippen LogP contribution in [0.4, 0.5) is 5.69 Å². The third kappa shape index (κ3) is 2.73. The largest absolute Gasteiger partial charge is 0.478 e. The average molecular weight is 442 g/mol. The van der Waals surface area contributed by atoms with Gasteiger partial charge in [-0.2, -0.15) is 0 Å². The third-order valence-electron chi connectivity index (χ3n) is 7.77. The number of carboxylic acid groups (broad SMARTS) is 1. The zero-order valence-electron chi connectivity index (χ0n) is 18.5. The highest BCUT2D eigenvalue weighted by atomic mass is 16.4. The van der Waals surface area contributed by atoms with Gasteiger partial charge >= 0.3 is 5.97 Å². The number of carboxylic acids is 1. The lowest BCUT2D eigenvalue weighted by molar-refractivity contribution is 0.0696. The molecule has 1 heterocycles. The number of hydrogen-bond acceptors (Lipinski definition) is 2. The Hall–Kier alpha value is -4.11. The van der Waals surface area contributed by atoms with Crippen molar-refractivity contribution < 1.29 is 9.90 Å². The fraction of sp³-hybridized carbons (Fsp3) is 0.129. The van der Waals surface area contributed by atoms with E-state index in [1.807, 2.05) is 12.1 Å². The second kappa shape index (κ2) is 7.19. The third-order valence-corrected chi connectivity index (χ3v) is 7.77. The number of rotatable bonds is 2. The molecule has 3 nitrogen and oxygen atoms in total. The van der Waals surface area contributed by atoms with Gasteiger partial charge in [0.25, 0.3) is 0 Å². The molecule has 7 rings (SSSR count). The van der Waals surface area contributed by atoms with E-state index in [1.54, 1.807) is 6.07 Å². The minimum absolute atomic E-state index is 0.108. The first kappa shape index (κ1) is 19.4. The monoisotopic (exact) mass is 441 g/mol. The molecule has 3 heteroatoms. The van der Waals surface area contributed by atoms with Crippen LogP contribution in [-0.2, 0) is 6.42 Å². The van der Waals surface area contributed by atoms with Gasteiger partial charge in [-0.05, 0) is 80.4 Å². The number of carbonyl (C=O) groups is 1. The highest BCUT2D eigenvalue weighted by Gasteiger charge is 2.44. The molecule has 0 unspecified atom stereocenters. The Morgan fingerprint density at radius 3 is 2.18 bits per heavy atom. The maximum absolute atomic E-state index is 11.8. The van der Waals surface area contributed by atoms with Gasteiger partial charge in [-0.25, -0.2) is 4.79 Å². The Morgan fingerprint density at radius 2 is 1.44 bits per heavy atom. The zero-order chi connectivity index (χ0) is 22.8. The average Bonchev–Trinajstić information content (AvgIpc) is 3.26. The van der Waals surface area contributed by atoms with Gasteiger partial charge in [-0.3, -0.25) is 0 Å². The van der Waals surface area contributed by atoms with Crippen molar-refractivity contribution in [2.45, 2.75) is 18.4 Å². The van der Waals surface area contributed by atoms with Crippen LogP contribution in [0.15, 0.2) is 97.1 Å². The van der Waals surface area contributed by atoms with E-state index in [4.69, 9.17) is 0 Å². The fourth-order valence-electron chi connectivity index (χ4n) is 6.36. The summed E-state index contributed by atoms with van der Waals surface area (Å²) in [5.41, 5.74) is 6.50. The van der Waals surface area contributed by atoms with Crippen LogP contribution in [0, 0.1) is 5.92 Å². The molecule has 0 saturated heterocycles. The van der Waals surface area contributed by atoms with Gasteiger partial charge in [0.2, 0.25) is 0 Å². The number of fused-ring (bicyclic) bond motifs is 7. The molecule has 0 amide bonds. The van der Waals surface area contributed by atoms with Gasteiger partial charge in [-0.15, -0.1) is 0 Å². The highest BCUT2D eigenvalue weighted by Crippen LogP contribution is 2.55. The molecule has 0 spiro atoms. The van der Waals surface area contributed by atoms with Crippen LogP contribution >= 0.6 is 0 Å². The van der Waals surface area contributed by atoms with Crippen molar-refractivity contribution in [3.05, 3.63) is 125 Å². The molecule has 2 N–H and O–H groups in total. The van der Waals surface area contributed by atoms with Gasteiger partial charge in [0.15, 0.2) is 0 Å². The van der Waals surface area contributed by atoms with E-state index in [2.05, 4.69) is 84.2 Å². The van der Waals surface area contributed by atoms with E-state index < -0.39 is 5.97 Å². The van der Waals surface area contributed by atoms with Crippen LogP contribution < -0.4 is 5.32 Å². The van der Waals surface area contributed by atoms with Crippen LogP contribution in [-0.4, -0.2) is 11.1 Å². The zero-order valence-corrected chi connectivity index (χ0v) is 18.5. The van der Waals surface area contributed by atoms with Crippen molar-refractivity contribution >= 4 is 33.2 Å². The molecular formula is C31H23NO2. The minimum Gasteiger partial charge on any atom is -0.478 e. The number of aromatic carboxylic acids is 1. The van der Waals surface area contributed by atoms with Crippen molar-refractivity contribution in [3.63, 3.8) is 0 Å². The molecule has 164 valence electrons. The van der Waals surface area contributed by atoms with E-state index in [-0.39, 0.29) is 12.0 Å². The lowest BCUT2D eigenvalue weighted by Crippen LogP contribution is -2.31. The standard InChI is InChI=1S/C31H23NO2/c33-31(34)21-13-14-27-25(17-21)28-22-10-4-3-9-20(22)16-26(28)30(32-27)29-23-11-5-1-7-18(23)15-19-8-2-6-12-24(19)29/h1-15,17,26,28,30,32H,16H2,(H,33,34)/t26-,28+,30-/m1/s1. The molecular weight excluding hydrogens is 418 g/mol. The predicted molar refractivity (Wildman–Crippen MR) is 137 cm³/mol. The first-order valence-electron chi connectivity index (χ1n) is 11.8. The van der Waals surface area contributed by atoms with Crippen LogP contribution in [0.3, 0.4) is 0 Å². The minimum atomic E-state index is -0.882. The normalized spacial score (nSPS) is 20.4. The second-order valence-corrected chi connectivity index (χ2v) is 9.51. The van der Waals surface area contributed by atoms with Gasteiger partial charge in [0, 0.05) is 11.6 Å². The predicted octanol–water partition coefficient (Wildman–Crippen LogP) is 7.16. The van der Waals surface area contributed by atoms with Gasteiger partial charge in [-0.1, -0.05) is 72.8 Å². The lowest BCUT2D eigenvalue weighted by Gasteiger charge is -2.39. The molecule has 34 heavy (non-hydrogen) atoms. The summed E-state index contributed by atoms with van der Waals surface area (Å²) in [6.45, 7) is 0. The molecule has 3 atom stereocenters. The summed E-state index contributed by atoms with van der Waals surface area (Å²) in [6, 6.07) is 33.9. The summed E-state index contributed by atoms with van der Waals surface area (Å²) >= 11 is 0. The van der Waals surface area contributed by atoms with Crippen LogP contribution in [0.25, 0.3) is 21.5 Å². The summed E-state index contributed by atoms with van der Waals surface area (Å²) in [6.07, 6.45) is 0.965. The summed E-state index contributed by atoms with van der Waals surface area (Å²) < 4.78 is 0. The Labute approximate surface area is 197 Å². The SMILES string of the molecule is O=C(O)c1ccc2c(c1)[C@@H]1c3ccccc3C[C@H]1[C@H](c1c3ccccc3cc3ccccc13)N2. The number of hydrogen-bond donors (Lipinski definition) is 2. The summed E-state index contributed by atoms with van der Waals surface area (Å²) in [4.78, 5) is 11.8. The van der Waals surface area contributed by atoms with Crippen molar-refractivity contribution in [2.75, 3.05) is 5.32 Å². The fourth-order valence-corrected chi connectivity index (χ4v) is 6.36. The molecule has 5 aromatic carbocycles. The molecule has 1 aliphatic carbocycles. The maximum Gasteiger partial charge on any atom is 0.335 e. The first-order chi connectivity index (χ1) is 16.7. The van der Waals surface area contributed by atoms with Crippen molar-refractivity contribution in [2.24, 2.45) is 5.92 Å². The molecule has 2 aliphatic rings. The van der Waals surface area contributed by atoms with E-state index >= 15 is 0 Å². The topological polar surface area (TPSA) is 49.3 Å². The Bertz CT molecular complexity index is 1570. The Morgan fingerprint density at radius 1 is 0.765 bits per heavy atom. The number of anilines is 1. The molecule has 0 fully saturated rings. The van der Waals surface area contributed by atoms with Gasteiger partial charge in [0.05, 0.1) is 11.6 Å². The van der Waals surface area contributed by atoms with E-state index in [9.17, 15) is 9.90 Å².